The Hall–Kier alpha value is -1.78. The number of benzene rings is 1. The maximum absolute atomic E-state index is 11.0. The smallest absolute Gasteiger partial charge is 0.318 e. The van der Waals surface area contributed by atoms with E-state index in [0.717, 1.165) is 18.4 Å². The van der Waals surface area contributed by atoms with Crippen LogP contribution in [0.1, 0.15) is 37.8 Å². The molecule has 0 saturated heterocycles. The Kier molecular flexibility index (Phi) is 4.31. The van der Waals surface area contributed by atoms with Crippen LogP contribution in [0.15, 0.2) is 6.07 Å². The van der Waals surface area contributed by atoms with E-state index in [2.05, 4.69) is 0 Å². The number of nitro benzene ring substituents is 1. The lowest BCUT2D eigenvalue weighted by atomic mass is 9.96. The number of nitro groups is 1. The van der Waals surface area contributed by atoms with E-state index in [9.17, 15) is 20.3 Å². The molecule has 0 bridgehead atoms. The number of hydrogen-bond acceptors (Lipinski definition) is 4. The van der Waals surface area contributed by atoms with Crippen molar-refractivity contribution in [3.05, 3.63) is 27.3 Å². The number of aromatic hydroxyl groups is 2. The molecule has 0 aliphatic carbocycles. The second-order valence-electron chi connectivity index (χ2n) is 3.99. The van der Waals surface area contributed by atoms with Crippen LogP contribution in [0.2, 0.25) is 0 Å². The molecule has 17 heavy (non-hydrogen) atoms. The van der Waals surface area contributed by atoms with Crippen LogP contribution in [0.3, 0.4) is 0 Å². The van der Waals surface area contributed by atoms with Gasteiger partial charge in [0.1, 0.15) is 0 Å². The van der Waals surface area contributed by atoms with Gasteiger partial charge in [0.2, 0.25) is 5.75 Å². The normalized spacial score (nSPS) is 10.5. The molecular formula is C12H17NO4. The van der Waals surface area contributed by atoms with Crippen molar-refractivity contribution >= 4 is 5.69 Å². The lowest BCUT2D eigenvalue weighted by molar-refractivity contribution is -0.386. The summed E-state index contributed by atoms with van der Waals surface area (Å²) >= 11 is 0. The standard InChI is InChI=1S/C12H17NO4/c1-3-5-8-7-10(14)12(15)11(13(16)17)9(8)6-4-2/h7,14-15H,3-6H2,1-2H3. The van der Waals surface area contributed by atoms with E-state index in [0.29, 0.717) is 18.4 Å². The minimum absolute atomic E-state index is 0.352. The monoisotopic (exact) mass is 239 g/mol. The van der Waals surface area contributed by atoms with Gasteiger partial charge in [0.15, 0.2) is 5.75 Å². The van der Waals surface area contributed by atoms with Gasteiger partial charge in [-0.15, -0.1) is 0 Å². The van der Waals surface area contributed by atoms with Crippen LogP contribution in [0, 0.1) is 10.1 Å². The van der Waals surface area contributed by atoms with Crippen molar-refractivity contribution in [2.75, 3.05) is 0 Å². The molecule has 0 fully saturated rings. The molecule has 5 heteroatoms. The highest BCUT2D eigenvalue weighted by atomic mass is 16.6. The minimum Gasteiger partial charge on any atom is -0.504 e. The van der Waals surface area contributed by atoms with Gasteiger partial charge >= 0.3 is 5.69 Å². The van der Waals surface area contributed by atoms with Gasteiger partial charge < -0.3 is 10.2 Å². The first-order chi connectivity index (χ1) is 8.02. The first-order valence-electron chi connectivity index (χ1n) is 5.73. The molecular weight excluding hydrogens is 222 g/mol. The minimum atomic E-state index is -0.627. The molecule has 5 nitrogen and oxygen atoms in total. The maximum atomic E-state index is 11.0. The first-order valence-corrected chi connectivity index (χ1v) is 5.73. The fourth-order valence-corrected chi connectivity index (χ4v) is 1.95. The molecule has 0 spiro atoms. The quantitative estimate of drug-likeness (QED) is 0.470. The summed E-state index contributed by atoms with van der Waals surface area (Å²) in [4.78, 5) is 10.3. The van der Waals surface area contributed by atoms with E-state index in [4.69, 9.17) is 0 Å². The van der Waals surface area contributed by atoms with Gasteiger partial charge in [0, 0.05) is 5.56 Å². The Morgan fingerprint density at radius 3 is 2.29 bits per heavy atom. The number of aryl methyl sites for hydroxylation is 1. The summed E-state index contributed by atoms with van der Waals surface area (Å²) in [6.45, 7) is 3.88. The van der Waals surface area contributed by atoms with Crippen LogP contribution in [-0.2, 0) is 12.8 Å². The predicted octanol–water partition coefficient (Wildman–Crippen LogP) is 2.91. The van der Waals surface area contributed by atoms with Gasteiger partial charge in [-0.2, -0.15) is 0 Å². The van der Waals surface area contributed by atoms with E-state index in [-0.39, 0.29) is 5.69 Å². The molecule has 0 aromatic heterocycles. The summed E-state index contributed by atoms with van der Waals surface area (Å²) in [7, 11) is 0. The highest BCUT2D eigenvalue weighted by Gasteiger charge is 2.25. The molecule has 0 amide bonds. The second kappa shape index (κ2) is 5.52. The third kappa shape index (κ3) is 2.67. The van der Waals surface area contributed by atoms with Crippen LogP contribution >= 0.6 is 0 Å². The molecule has 0 aliphatic rings. The lowest BCUT2D eigenvalue weighted by Gasteiger charge is -2.11. The van der Waals surface area contributed by atoms with Gasteiger partial charge in [-0.05, 0) is 24.5 Å². The molecule has 1 aromatic rings. The zero-order valence-corrected chi connectivity index (χ0v) is 10.1. The molecule has 0 saturated carbocycles. The summed E-state index contributed by atoms with van der Waals surface area (Å²) in [5.41, 5.74) is 0.932. The Morgan fingerprint density at radius 1 is 1.24 bits per heavy atom. The van der Waals surface area contributed by atoms with Gasteiger partial charge in [-0.25, -0.2) is 0 Å². The van der Waals surface area contributed by atoms with Crippen LogP contribution in [0.25, 0.3) is 0 Å². The van der Waals surface area contributed by atoms with Crippen LogP contribution in [-0.4, -0.2) is 15.1 Å². The Morgan fingerprint density at radius 2 is 1.82 bits per heavy atom. The van der Waals surface area contributed by atoms with E-state index in [1.807, 2.05) is 13.8 Å². The van der Waals surface area contributed by atoms with Gasteiger partial charge in [0.25, 0.3) is 0 Å². The average Bonchev–Trinajstić information content (AvgIpc) is 2.25. The molecule has 1 aromatic carbocycles. The number of phenolic OH excluding ortho intramolecular Hbond substituents is 2. The van der Waals surface area contributed by atoms with Crippen molar-refractivity contribution in [2.24, 2.45) is 0 Å². The highest BCUT2D eigenvalue weighted by molar-refractivity contribution is 5.62. The van der Waals surface area contributed by atoms with Gasteiger partial charge in [-0.3, -0.25) is 10.1 Å². The highest BCUT2D eigenvalue weighted by Crippen LogP contribution is 2.40. The van der Waals surface area contributed by atoms with Crippen LogP contribution < -0.4 is 0 Å². The zero-order chi connectivity index (χ0) is 13.0. The molecule has 94 valence electrons. The van der Waals surface area contributed by atoms with Crippen LogP contribution in [0.5, 0.6) is 11.5 Å². The van der Waals surface area contributed by atoms with E-state index in [1.165, 1.54) is 6.07 Å². The maximum Gasteiger partial charge on any atom is 0.318 e. The third-order valence-corrected chi connectivity index (χ3v) is 2.65. The summed E-state index contributed by atoms with van der Waals surface area (Å²) in [5.74, 6) is -1.04. The lowest BCUT2D eigenvalue weighted by Crippen LogP contribution is -2.01. The van der Waals surface area contributed by atoms with E-state index >= 15 is 0 Å². The summed E-state index contributed by atoms with van der Waals surface area (Å²) in [6.07, 6.45) is 2.77. The number of phenols is 2. The second-order valence-corrected chi connectivity index (χ2v) is 3.99. The topological polar surface area (TPSA) is 83.6 Å². The van der Waals surface area contributed by atoms with E-state index < -0.39 is 16.4 Å². The van der Waals surface area contributed by atoms with Gasteiger partial charge in [0.05, 0.1) is 4.92 Å². The molecule has 0 radical (unpaired) electrons. The molecule has 0 heterocycles. The molecule has 0 unspecified atom stereocenters. The molecule has 1 rings (SSSR count). The largest absolute Gasteiger partial charge is 0.504 e. The Balaban J connectivity index is 3.45. The average molecular weight is 239 g/mol. The van der Waals surface area contributed by atoms with Crippen molar-refractivity contribution in [2.45, 2.75) is 39.5 Å². The van der Waals surface area contributed by atoms with E-state index in [1.54, 1.807) is 0 Å². The number of hydrogen-bond donors (Lipinski definition) is 2. The SMILES string of the molecule is CCCc1cc(O)c(O)c([N+](=O)[O-])c1CCC. The summed E-state index contributed by atoms with van der Waals surface area (Å²) in [6, 6.07) is 1.43. The van der Waals surface area contributed by atoms with Crippen molar-refractivity contribution in [1.29, 1.82) is 0 Å². The molecule has 2 N–H and O–H groups in total. The van der Waals surface area contributed by atoms with Gasteiger partial charge in [-0.1, -0.05) is 26.7 Å². The Labute approximate surface area is 99.9 Å². The van der Waals surface area contributed by atoms with Crippen molar-refractivity contribution < 1.29 is 15.1 Å². The summed E-state index contributed by atoms with van der Waals surface area (Å²) in [5, 5.41) is 30.0. The van der Waals surface area contributed by atoms with Crippen molar-refractivity contribution in [3.63, 3.8) is 0 Å². The Bertz CT molecular complexity index is 429. The number of rotatable bonds is 5. The fourth-order valence-electron chi connectivity index (χ4n) is 1.95. The van der Waals surface area contributed by atoms with Crippen molar-refractivity contribution in [1.82, 2.24) is 0 Å². The zero-order valence-electron chi connectivity index (χ0n) is 10.1. The molecule has 0 atom stereocenters. The van der Waals surface area contributed by atoms with Crippen molar-refractivity contribution in [3.8, 4) is 11.5 Å². The van der Waals surface area contributed by atoms with Crippen LogP contribution in [0.4, 0.5) is 5.69 Å². The first kappa shape index (κ1) is 13.3. The third-order valence-electron chi connectivity index (χ3n) is 2.65. The number of nitrogens with zero attached hydrogens (tertiary/aromatic N) is 1. The fraction of sp³-hybridized carbons (Fsp3) is 0.500. The predicted molar refractivity (Wildman–Crippen MR) is 64.4 cm³/mol. The summed E-state index contributed by atoms with van der Waals surface area (Å²) < 4.78 is 0. The molecule has 0 aliphatic heterocycles.